The van der Waals surface area contributed by atoms with E-state index in [0.29, 0.717) is 0 Å². The molecule has 3 aromatic rings. The van der Waals surface area contributed by atoms with Crippen LogP contribution in [0.3, 0.4) is 0 Å². The van der Waals surface area contributed by atoms with Gasteiger partial charge in [0.05, 0.1) is 17.4 Å². The third kappa shape index (κ3) is 2.47. The Morgan fingerprint density at radius 1 is 1.05 bits per heavy atom. The highest BCUT2D eigenvalue weighted by molar-refractivity contribution is 5.97. The summed E-state index contributed by atoms with van der Waals surface area (Å²) in [5.41, 5.74) is 6.74. The van der Waals surface area contributed by atoms with Gasteiger partial charge < -0.3 is 0 Å². The van der Waals surface area contributed by atoms with E-state index >= 15 is 0 Å². The van der Waals surface area contributed by atoms with Crippen molar-refractivity contribution >= 4 is 22.8 Å². The van der Waals surface area contributed by atoms with Gasteiger partial charge in [-0.1, -0.05) is 35.9 Å². The van der Waals surface area contributed by atoms with Crippen LogP contribution in [0.2, 0.25) is 0 Å². The monoisotopic (exact) mass is 277 g/mol. The van der Waals surface area contributed by atoms with Crippen molar-refractivity contribution in [1.29, 1.82) is 0 Å². The number of nitrogens with zero attached hydrogens (tertiary/aromatic N) is 3. The molecule has 0 radical (unpaired) electrons. The van der Waals surface area contributed by atoms with Crippen LogP contribution in [0, 0.1) is 20.8 Å². The number of aryl methyl sites for hydroxylation is 4. The highest BCUT2D eigenvalue weighted by Crippen LogP contribution is 2.25. The molecule has 0 N–H and O–H groups in total. The maximum atomic E-state index is 4.68. The maximum Gasteiger partial charge on any atom is 0.111 e. The van der Waals surface area contributed by atoms with Crippen molar-refractivity contribution < 1.29 is 0 Å². The highest BCUT2D eigenvalue weighted by Gasteiger charge is 2.06. The molecule has 0 bridgehead atoms. The second-order valence-corrected chi connectivity index (χ2v) is 5.53. The molecule has 0 aliphatic heterocycles. The lowest BCUT2D eigenvalue weighted by Crippen LogP contribution is -1.91. The normalized spacial score (nSPS) is 11.6. The van der Waals surface area contributed by atoms with Crippen LogP contribution in [0.1, 0.15) is 22.4 Å². The van der Waals surface area contributed by atoms with Gasteiger partial charge in [0.15, 0.2) is 0 Å². The van der Waals surface area contributed by atoms with Crippen LogP contribution < -0.4 is 0 Å². The minimum absolute atomic E-state index is 0.910. The standard InChI is InChI=1S/C18H19N3/c1-12-9-13(2)18(14(3)10-12)19-11-16-15-7-5-6-8-17(15)21(4)20-16/h5-11H,1-4H3/b19-11+. The molecule has 0 fully saturated rings. The number of hydrogen-bond acceptors (Lipinski definition) is 2. The summed E-state index contributed by atoms with van der Waals surface area (Å²) >= 11 is 0. The van der Waals surface area contributed by atoms with Gasteiger partial charge in [-0.3, -0.25) is 9.67 Å². The van der Waals surface area contributed by atoms with Crippen LogP contribution >= 0.6 is 0 Å². The van der Waals surface area contributed by atoms with Gasteiger partial charge in [-0.2, -0.15) is 5.10 Å². The van der Waals surface area contributed by atoms with Crippen molar-refractivity contribution in [3.05, 3.63) is 58.8 Å². The Bertz CT molecular complexity index is 818. The van der Waals surface area contributed by atoms with Crippen LogP contribution in [0.5, 0.6) is 0 Å². The fourth-order valence-corrected chi connectivity index (χ4v) is 2.84. The zero-order valence-electron chi connectivity index (χ0n) is 12.9. The minimum atomic E-state index is 0.910. The lowest BCUT2D eigenvalue weighted by atomic mass is 10.1. The summed E-state index contributed by atoms with van der Waals surface area (Å²) in [6.07, 6.45) is 1.87. The van der Waals surface area contributed by atoms with Crippen molar-refractivity contribution in [3.63, 3.8) is 0 Å². The molecule has 3 nitrogen and oxygen atoms in total. The molecule has 0 spiro atoms. The summed E-state index contributed by atoms with van der Waals surface area (Å²) in [6, 6.07) is 12.5. The van der Waals surface area contributed by atoms with Gasteiger partial charge in [0, 0.05) is 12.4 Å². The predicted molar refractivity (Wildman–Crippen MR) is 88.6 cm³/mol. The molecule has 0 aliphatic carbocycles. The van der Waals surface area contributed by atoms with E-state index in [1.165, 1.54) is 16.7 Å². The smallest absolute Gasteiger partial charge is 0.111 e. The van der Waals surface area contributed by atoms with Crippen LogP contribution in [0.25, 0.3) is 10.9 Å². The summed E-state index contributed by atoms with van der Waals surface area (Å²) in [7, 11) is 1.96. The van der Waals surface area contributed by atoms with Crippen LogP contribution in [-0.2, 0) is 7.05 Å². The molecule has 106 valence electrons. The van der Waals surface area contributed by atoms with Gasteiger partial charge in [0.2, 0.25) is 0 Å². The van der Waals surface area contributed by atoms with Crippen molar-refractivity contribution in [3.8, 4) is 0 Å². The molecule has 0 unspecified atom stereocenters. The number of fused-ring (bicyclic) bond motifs is 1. The Kier molecular flexibility index (Phi) is 3.34. The minimum Gasteiger partial charge on any atom is -0.267 e. The first-order valence-corrected chi connectivity index (χ1v) is 7.10. The van der Waals surface area contributed by atoms with Gasteiger partial charge >= 0.3 is 0 Å². The third-order valence-corrected chi connectivity index (χ3v) is 3.74. The predicted octanol–water partition coefficient (Wildman–Crippen LogP) is 4.25. The molecule has 1 aromatic heterocycles. The average molecular weight is 277 g/mol. The van der Waals surface area contributed by atoms with Crippen LogP contribution in [0.15, 0.2) is 41.4 Å². The van der Waals surface area contributed by atoms with E-state index in [2.05, 4.69) is 55.1 Å². The number of rotatable bonds is 2. The molecular weight excluding hydrogens is 258 g/mol. The largest absolute Gasteiger partial charge is 0.267 e. The first-order chi connectivity index (χ1) is 10.1. The van der Waals surface area contributed by atoms with E-state index in [0.717, 1.165) is 22.3 Å². The molecule has 3 rings (SSSR count). The fourth-order valence-electron chi connectivity index (χ4n) is 2.84. The molecular formula is C18H19N3. The molecule has 3 heteroatoms. The van der Waals surface area contributed by atoms with E-state index in [9.17, 15) is 0 Å². The Balaban J connectivity index is 2.07. The Morgan fingerprint density at radius 3 is 2.43 bits per heavy atom. The van der Waals surface area contributed by atoms with E-state index in [4.69, 9.17) is 0 Å². The van der Waals surface area contributed by atoms with Crippen LogP contribution in [0.4, 0.5) is 5.69 Å². The summed E-state index contributed by atoms with van der Waals surface area (Å²) in [5, 5.41) is 5.68. The lowest BCUT2D eigenvalue weighted by Gasteiger charge is -2.05. The summed E-state index contributed by atoms with van der Waals surface area (Å²) < 4.78 is 1.89. The van der Waals surface area contributed by atoms with Crippen molar-refractivity contribution in [2.45, 2.75) is 20.8 Å². The lowest BCUT2D eigenvalue weighted by molar-refractivity contribution is 0.794. The van der Waals surface area contributed by atoms with Gasteiger partial charge in [0.25, 0.3) is 0 Å². The quantitative estimate of drug-likeness (QED) is 0.644. The number of aliphatic imine (C=N–C) groups is 1. The summed E-state index contributed by atoms with van der Waals surface area (Å²) in [4.78, 5) is 4.68. The average Bonchev–Trinajstić information content (AvgIpc) is 2.75. The number of aromatic nitrogens is 2. The molecule has 0 saturated carbocycles. The molecule has 0 saturated heterocycles. The first kappa shape index (κ1) is 13.6. The van der Waals surface area contributed by atoms with Gasteiger partial charge in [0.1, 0.15) is 5.69 Å². The zero-order chi connectivity index (χ0) is 15.0. The Labute approximate surface area is 124 Å². The SMILES string of the molecule is Cc1cc(C)c(/N=C/c2nn(C)c3ccccc23)c(C)c1. The van der Waals surface area contributed by atoms with Gasteiger partial charge in [-0.15, -0.1) is 0 Å². The topological polar surface area (TPSA) is 30.2 Å². The number of hydrogen-bond donors (Lipinski definition) is 0. The molecule has 0 amide bonds. The third-order valence-electron chi connectivity index (χ3n) is 3.74. The fraction of sp³-hybridized carbons (Fsp3) is 0.222. The van der Waals surface area contributed by atoms with Gasteiger partial charge in [-0.25, -0.2) is 0 Å². The van der Waals surface area contributed by atoms with E-state index in [1.54, 1.807) is 0 Å². The summed E-state index contributed by atoms with van der Waals surface area (Å²) in [6.45, 7) is 6.31. The Morgan fingerprint density at radius 2 is 1.71 bits per heavy atom. The second kappa shape index (κ2) is 5.17. The summed E-state index contributed by atoms with van der Waals surface area (Å²) in [5.74, 6) is 0. The molecule has 0 atom stereocenters. The Hall–Kier alpha value is -2.42. The van der Waals surface area contributed by atoms with Crippen molar-refractivity contribution in [1.82, 2.24) is 9.78 Å². The first-order valence-electron chi connectivity index (χ1n) is 7.10. The maximum absolute atomic E-state index is 4.68. The van der Waals surface area contributed by atoms with E-state index < -0.39 is 0 Å². The number of benzene rings is 2. The zero-order valence-corrected chi connectivity index (χ0v) is 12.9. The van der Waals surface area contributed by atoms with E-state index in [1.807, 2.05) is 30.1 Å². The second-order valence-electron chi connectivity index (χ2n) is 5.53. The molecule has 1 heterocycles. The molecule has 0 aliphatic rings. The van der Waals surface area contributed by atoms with Crippen LogP contribution in [-0.4, -0.2) is 16.0 Å². The van der Waals surface area contributed by atoms with Crippen molar-refractivity contribution in [2.24, 2.45) is 12.0 Å². The molecule has 21 heavy (non-hydrogen) atoms. The highest BCUT2D eigenvalue weighted by atomic mass is 15.3. The van der Waals surface area contributed by atoms with E-state index in [-0.39, 0.29) is 0 Å². The number of para-hydroxylation sites is 1. The van der Waals surface area contributed by atoms with Crippen molar-refractivity contribution in [2.75, 3.05) is 0 Å². The molecule has 2 aromatic carbocycles. The van der Waals surface area contributed by atoms with Gasteiger partial charge in [-0.05, 0) is 38.0 Å².